The van der Waals surface area contributed by atoms with E-state index in [0.717, 1.165) is 41.5 Å². The van der Waals surface area contributed by atoms with Gasteiger partial charge < -0.3 is 30.6 Å². The lowest BCUT2D eigenvalue weighted by molar-refractivity contribution is -0.135. The number of carboxylic acids is 6. The second kappa shape index (κ2) is 73.4. The van der Waals surface area contributed by atoms with Crippen LogP contribution in [0.1, 0.15) is 41.5 Å². The Kier molecular flexibility index (Phi) is 138. The van der Waals surface area contributed by atoms with Crippen molar-refractivity contribution in [2.75, 3.05) is 0 Å². The highest BCUT2D eigenvalue weighted by atomic mass is 16.4. The molecule has 0 unspecified atom stereocenters. The fourth-order valence-corrected chi connectivity index (χ4v) is 0. The van der Waals surface area contributed by atoms with E-state index in [4.69, 9.17) is 59.4 Å². The highest BCUT2D eigenvalue weighted by molar-refractivity contribution is 5.64. The molecule has 0 aliphatic rings. The van der Waals surface area contributed by atoms with Gasteiger partial charge in [0.1, 0.15) is 0 Å². The van der Waals surface area contributed by atoms with Crippen LogP contribution < -0.4 is 0 Å². The fraction of sp³-hybridized carbons (Fsp3) is 0.333. The van der Waals surface area contributed by atoms with E-state index in [1.54, 1.807) is 0 Å². The van der Waals surface area contributed by atoms with Crippen LogP contribution in [0.25, 0.3) is 0 Å². The predicted molar refractivity (Wildman–Crippen MR) is 114 cm³/mol. The Labute approximate surface area is 177 Å². The van der Waals surface area contributed by atoms with Gasteiger partial charge in [-0.1, -0.05) is 0 Å². The van der Waals surface area contributed by atoms with Gasteiger partial charge in [-0.25, -0.2) is 0 Å². The van der Waals surface area contributed by atoms with Crippen molar-refractivity contribution in [1.29, 1.82) is 0 Å². The first-order valence-electron chi connectivity index (χ1n) is 7.07. The summed E-state index contributed by atoms with van der Waals surface area (Å²) in [6.45, 7) is 24.5. The van der Waals surface area contributed by atoms with Crippen molar-refractivity contribution in [2.45, 2.75) is 41.5 Å². The Morgan fingerprint density at radius 3 is 0.333 bits per heavy atom. The van der Waals surface area contributed by atoms with Crippen molar-refractivity contribution in [2.24, 2.45) is 0 Å². The highest BCUT2D eigenvalue weighted by Gasteiger charge is 1.67. The zero-order valence-electron chi connectivity index (χ0n) is 18.4. The Balaban J connectivity index is -0.0000000240. The van der Waals surface area contributed by atoms with Gasteiger partial charge in [-0.2, -0.15) is 0 Å². The lowest BCUT2D eigenvalue weighted by Crippen LogP contribution is -1.78. The quantitative estimate of drug-likeness (QED) is 0.296. The van der Waals surface area contributed by atoms with E-state index in [2.05, 4.69) is 39.5 Å². The standard InChI is InChI=1S/6C2H4O2.3C2H4/c6*1-2(3)4;3*1-2/h6*1H3,(H,3,4);3*1-2H2. The Morgan fingerprint density at radius 2 is 0.333 bits per heavy atom. The smallest absolute Gasteiger partial charge is 0.300 e. The highest BCUT2D eigenvalue weighted by Crippen LogP contribution is 1.43. The number of carbonyl (C=O) groups is 6. The van der Waals surface area contributed by atoms with Crippen molar-refractivity contribution in [3.05, 3.63) is 39.5 Å². The van der Waals surface area contributed by atoms with E-state index in [1.165, 1.54) is 0 Å². The number of rotatable bonds is 0. The maximum absolute atomic E-state index is 9.00. The second-order valence-electron chi connectivity index (χ2n) is 3.11. The molecule has 0 amide bonds. The summed E-state index contributed by atoms with van der Waals surface area (Å²) in [4.78, 5) is 54.0. The zero-order chi connectivity index (χ0) is 27.5. The van der Waals surface area contributed by atoms with Crippen LogP contribution in [0.15, 0.2) is 39.5 Å². The summed E-state index contributed by atoms with van der Waals surface area (Å²) < 4.78 is 0. The molecule has 0 radical (unpaired) electrons. The average Bonchev–Trinajstić information content (AvgIpc) is 2.49. The van der Waals surface area contributed by atoms with Gasteiger partial charge in [0.25, 0.3) is 35.8 Å². The summed E-state index contributed by atoms with van der Waals surface area (Å²) in [5, 5.41) is 44.5. The average molecular weight is 444 g/mol. The van der Waals surface area contributed by atoms with Gasteiger partial charge in [-0.15, -0.1) is 39.5 Å². The van der Waals surface area contributed by atoms with Gasteiger partial charge in [-0.05, 0) is 0 Å². The van der Waals surface area contributed by atoms with Crippen molar-refractivity contribution in [1.82, 2.24) is 0 Å². The van der Waals surface area contributed by atoms with Crippen LogP contribution in [-0.2, 0) is 28.8 Å². The van der Waals surface area contributed by atoms with Crippen molar-refractivity contribution in [3.63, 3.8) is 0 Å². The fourth-order valence-electron chi connectivity index (χ4n) is 0. The molecule has 0 fully saturated rings. The molecule has 12 nitrogen and oxygen atoms in total. The molecule has 0 aliphatic heterocycles. The first-order valence-corrected chi connectivity index (χ1v) is 7.07. The number of carboxylic acid groups (broad SMARTS) is 6. The van der Waals surface area contributed by atoms with Crippen molar-refractivity contribution >= 4 is 35.8 Å². The molecular formula is C18H36O12. The van der Waals surface area contributed by atoms with E-state index in [9.17, 15) is 0 Å². The molecule has 0 aromatic rings. The van der Waals surface area contributed by atoms with Crippen molar-refractivity contribution < 1.29 is 59.4 Å². The minimum absolute atomic E-state index is 0.833. The van der Waals surface area contributed by atoms with E-state index in [0.29, 0.717) is 0 Å². The number of hydrogen-bond acceptors (Lipinski definition) is 6. The molecule has 30 heavy (non-hydrogen) atoms. The van der Waals surface area contributed by atoms with Crippen LogP contribution in [0.5, 0.6) is 0 Å². The minimum Gasteiger partial charge on any atom is -0.481 e. The molecule has 0 rings (SSSR count). The maximum atomic E-state index is 9.00. The first kappa shape index (κ1) is 56.2. The summed E-state index contributed by atoms with van der Waals surface area (Å²) in [7, 11) is 0. The third-order valence-corrected chi connectivity index (χ3v) is 0. The molecule has 0 aliphatic carbocycles. The summed E-state index contributed by atoms with van der Waals surface area (Å²) in [6.07, 6.45) is 0. The van der Waals surface area contributed by atoms with Crippen LogP contribution in [0.3, 0.4) is 0 Å². The van der Waals surface area contributed by atoms with Gasteiger partial charge >= 0.3 is 0 Å². The molecule has 0 bridgehead atoms. The van der Waals surface area contributed by atoms with Crippen LogP contribution in [0.2, 0.25) is 0 Å². The normalized spacial score (nSPS) is 5.40. The Bertz CT molecular complexity index is 296. The molecule has 0 heterocycles. The molecular weight excluding hydrogens is 408 g/mol. The molecule has 0 aromatic heterocycles. The molecule has 0 saturated carbocycles. The van der Waals surface area contributed by atoms with Gasteiger partial charge in [0.2, 0.25) is 0 Å². The van der Waals surface area contributed by atoms with E-state index in [1.807, 2.05) is 0 Å². The minimum atomic E-state index is -0.833. The van der Waals surface area contributed by atoms with E-state index >= 15 is 0 Å². The Hall–Kier alpha value is -3.96. The molecule has 12 heteroatoms. The van der Waals surface area contributed by atoms with Crippen LogP contribution >= 0.6 is 0 Å². The summed E-state index contributed by atoms with van der Waals surface area (Å²) >= 11 is 0. The largest absolute Gasteiger partial charge is 0.481 e. The molecule has 0 saturated heterocycles. The molecule has 6 N–H and O–H groups in total. The Morgan fingerprint density at radius 1 is 0.333 bits per heavy atom. The summed E-state index contributed by atoms with van der Waals surface area (Å²) in [5.74, 6) is -5.00. The lowest BCUT2D eigenvalue weighted by Gasteiger charge is -1.59. The monoisotopic (exact) mass is 444 g/mol. The third-order valence-electron chi connectivity index (χ3n) is 0. The van der Waals surface area contributed by atoms with E-state index in [-0.39, 0.29) is 0 Å². The first-order chi connectivity index (χ1) is 13.4. The number of hydrogen-bond donors (Lipinski definition) is 6. The van der Waals surface area contributed by atoms with Gasteiger partial charge in [0, 0.05) is 41.5 Å². The lowest BCUT2D eigenvalue weighted by atomic mass is 10.9. The van der Waals surface area contributed by atoms with Crippen LogP contribution in [0, 0.1) is 0 Å². The topological polar surface area (TPSA) is 224 Å². The molecule has 180 valence electrons. The predicted octanol–water partition coefficient (Wildman–Crippen LogP) is 2.95. The molecule has 0 spiro atoms. The van der Waals surface area contributed by atoms with Gasteiger partial charge in [0.05, 0.1) is 0 Å². The van der Waals surface area contributed by atoms with Gasteiger partial charge in [0.15, 0.2) is 0 Å². The molecule has 0 atom stereocenters. The van der Waals surface area contributed by atoms with Gasteiger partial charge in [-0.3, -0.25) is 28.8 Å². The van der Waals surface area contributed by atoms with Crippen LogP contribution in [0.4, 0.5) is 0 Å². The zero-order valence-corrected chi connectivity index (χ0v) is 18.4. The molecule has 0 aromatic carbocycles. The third kappa shape index (κ3) is 814. The SMILES string of the molecule is C=C.C=C.C=C.CC(=O)O.CC(=O)O.CC(=O)O.CC(=O)O.CC(=O)O.CC(=O)O. The van der Waals surface area contributed by atoms with E-state index < -0.39 is 35.8 Å². The van der Waals surface area contributed by atoms with Crippen LogP contribution in [-0.4, -0.2) is 66.5 Å². The van der Waals surface area contributed by atoms with Crippen molar-refractivity contribution in [3.8, 4) is 0 Å². The second-order valence-corrected chi connectivity index (χ2v) is 3.11. The summed E-state index contributed by atoms with van der Waals surface area (Å²) in [6, 6.07) is 0. The summed E-state index contributed by atoms with van der Waals surface area (Å²) in [5.41, 5.74) is 0. The number of aliphatic carboxylic acids is 6. The maximum Gasteiger partial charge on any atom is 0.300 e.